The highest BCUT2D eigenvalue weighted by atomic mass is 16.4. The molecule has 0 saturated carbocycles. The molecule has 0 spiro atoms. The number of fused-ring (bicyclic) bond motifs is 1. The Kier molecular flexibility index (Phi) is 4.62. The van der Waals surface area contributed by atoms with E-state index in [1.807, 2.05) is 67.6 Å². The first kappa shape index (κ1) is 17.5. The van der Waals surface area contributed by atoms with Crippen molar-refractivity contribution in [3.63, 3.8) is 0 Å². The second kappa shape index (κ2) is 7.38. The Morgan fingerprint density at radius 3 is 2.50 bits per heavy atom. The number of carboxylic acids is 1. The Balaban J connectivity index is 1.89. The largest absolute Gasteiger partial charge is 0.478 e. The number of carboxylic acid groups (broad SMARTS) is 1. The van der Waals surface area contributed by atoms with Crippen LogP contribution in [0.3, 0.4) is 0 Å². The summed E-state index contributed by atoms with van der Waals surface area (Å²) in [5.41, 5.74) is 5.13. The van der Waals surface area contributed by atoms with E-state index >= 15 is 0 Å². The average molecular weight is 363 g/mol. The van der Waals surface area contributed by atoms with E-state index in [-0.39, 0.29) is 5.56 Å². The summed E-state index contributed by atoms with van der Waals surface area (Å²) in [6.07, 6.45) is 1.71. The van der Waals surface area contributed by atoms with Crippen molar-refractivity contribution < 1.29 is 9.90 Å². The van der Waals surface area contributed by atoms with Crippen LogP contribution in [0.25, 0.3) is 22.0 Å². The SMILES string of the molecule is Cc1ccc(C#Cc2cccc(C(=O)O)c2-c2cnc3ccccc3c2)cc1. The molecule has 0 unspecified atom stereocenters. The van der Waals surface area contributed by atoms with Gasteiger partial charge >= 0.3 is 5.97 Å². The van der Waals surface area contributed by atoms with Crippen LogP contribution < -0.4 is 0 Å². The topological polar surface area (TPSA) is 50.2 Å². The summed E-state index contributed by atoms with van der Waals surface area (Å²) in [5, 5.41) is 10.7. The van der Waals surface area contributed by atoms with E-state index in [9.17, 15) is 9.90 Å². The van der Waals surface area contributed by atoms with Crippen LogP contribution in [0.1, 0.15) is 27.0 Å². The van der Waals surface area contributed by atoms with Crippen LogP contribution >= 0.6 is 0 Å². The van der Waals surface area contributed by atoms with Crippen LogP contribution in [0.5, 0.6) is 0 Å². The van der Waals surface area contributed by atoms with Crippen molar-refractivity contribution >= 4 is 16.9 Å². The molecule has 0 aliphatic heterocycles. The Bertz CT molecular complexity index is 1250. The maximum atomic E-state index is 11.9. The molecule has 1 N–H and O–H groups in total. The molecule has 1 aromatic heterocycles. The normalized spacial score (nSPS) is 10.3. The fourth-order valence-corrected chi connectivity index (χ4v) is 3.13. The third-order valence-electron chi connectivity index (χ3n) is 4.57. The summed E-state index contributed by atoms with van der Waals surface area (Å²) in [4.78, 5) is 16.3. The van der Waals surface area contributed by atoms with E-state index in [1.54, 1.807) is 18.3 Å². The number of para-hydroxylation sites is 1. The second-order valence-electron chi connectivity index (χ2n) is 6.57. The van der Waals surface area contributed by atoms with Gasteiger partial charge in [0.1, 0.15) is 0 Å². The Hall–Kier alpha value is -3.90. The summed E-state index contributed by atoms with van der Waals surface area (Å²) < 4.78 is 0. The van der Waals surface area contributed by atoms with Crippen molar-refractivity contribution in [3.05, 3.63) is 101 Å². The lowest BCUT2D eigenvalue weighted by Crippen LogP contribution is -2.02. The van der Waals surface area contributed by atoms with Crippen LogP contribution in [0.4, 0.5) is 0 Å². The standard InChI is InChI=1S/C25H17NO2/c1-17-9-11-18(12-10-17)13-14-19-6-4-7-22(25(27)28)24(19)21-15-20-5-2-3-8-23(20)26-16-21/h2-12,15-16H,1H3,(H,27,28). The molecule has 0 fully saturated rings. The van der Waals surface area contributed by atoms with E-state index in [4.69, 9.17) is 0 Å². The minimum atomic E-state index is -0.984. The highest BCUT2D eigenvalue weighted by Gasteiger charge is 2.15. The van der Waals surface area contributed by atoms with E-state index in [0.717, 1.165) is 22.0 Å². The molecular formula is C25H17NO2. The van der Waals surface area contributed by atoms with Gasteiger partial charge in [0.05, 0.1) is 11.1 Å². The number of nitrogens with zero attached hydrogens (tertiary/aromatic N) is 1. The smallest absolute Gasteiger partial charge is 0.336 e. The van der Waals surface area contributed by atoms with E-state index in [2.05, 4.69) is 16.8 Å². The van der Waals surface area contributed by atoms with Crippen LogP contribution in [0.15, 0.2) is 79.0 Å². The summed E-state index contributed by atoms with van der Waals surface area (Å²) >= 11 is 0. The number of benzene rings is 3. The van der Waals surface area contributed by atoms with Gasteiger partial charge in [-0.15, -0.1) is 0 Å². The molecule has 0 aliphatic carbocycles. The van der Waals surface area contributed by atoms with Crippen LogP contribution in [-0.4, -0.2) is 16.1 Å². The quantitative estimate of drug-likeness (QED) is 0.491. The van der Waals surface area contributed by atoms with Gasteiger partial charge in [-0.1, -0.05) is 53.8 Å². The number of pyridine rings is 1. The lowest BCUT2D eigenvalue weighted by molar-refractivity contribution is 0.0697. The van der Waals surface area contributed by atoms with Crippen LogP contribution in [0.2, 0.25) is 0 Å². The Morgan fingerprint density at radius 2 is 1.71 bits per heavy atom. The summed E-state index contributed by atoms with van der Waals surface area (Å²) in [5.74, 6) is 5.30. The predicted octanol–water partition coefficient (Wildman–Crippen LogP) is 5.31. The molecular weight excluding hydrogens is 346 g/mol. The van der Waals surface area contributed by atoms with E-state index in [0.29, 0.717) is 11.1 Å². The molecule has 0 saturated heterocycles. The Morgan fingerprint density at radius 1 is 0.929 bits per heavy atom. The molecule has 0 atom stereocenters. The zero-order chi connectivity index (χ0) is 19.5. The van der Waals surface area contributed by atoms with Gasteiger partial charge in [0.2, 0.25) is 0 Å². The number of aromatic carboxylic acids is 1. The molecule has 134 valence electrons. The van der Waals surface area contributed by atoms with Gasteiger partial charge in [0.25, 0.3) is 0 Å². The molecule has 0 radical (unpaired) electrons. The Labute approximate surface area is 163 Å². The molecule has 3 nitrogen and oxygen atoms in total. The lowest BCUT2D eigenvalue weighted by atomic mass is 9.94. The monoisotopic (exact) mass is 363 g/mol. The number of aryl methyl sites for hydroxylation is 1. The number of hydrogen-bond acceptors (Lipinski definition) is 2. The second-order valence-corrected chi connectivity index (χ2v) is 6.57. The first-order valence-corrected chi connectivity index (χ1v) is 8.92. The van der Waals surface area contributed by atoms with Crippen LogP contribution in [0, 0.1) is 18.8 Å². The van der Waals surface area contributed by atoms with Gasteiger partial charge in [-0.05, 0) is 43.3 Å². The molecule has 0 aliphatic rings. The van der Waals surface area contributed by atoms with Crippen molar-refractivity contribution in [2.75, 3.05) is 0 Å². The first-order chi connectivity index (χ1) is 13.6. The number of hydrogen-bond donors (Lipinski definition) is 1. The third kappa shape index (κ3) is 3.49. The summed E-state index contributed by atoms with van der Waals surface area (Å²) in [7, 11) is 0. The van der Waals surface area contributed by atoms with Crippen molar-refractivity contribution in [3.8, 4) is 23.0 Å². The molecule has 4 rings (SSSR count). The molecule has 28 heavy (non-hydrogen) atoms. The zero-order valence-electron chi connectivity index (χ0n) is 15.3. The summed E-state index contributed by atoms with van der Waals surface area (Å²) in [6.45, 7) is 2.03. The van der Waals surface area contributed by atoms with Crippen molar-refractivity contribution in [1.29, 1.82) is 0 Å². The highest BCUT2D eigenvalue weighted by Crippen LogP contribution is 2.29. The molecule has 0 bridgehead atoms. The molecule has 3 aromatic carbocycles. The molecule has 4 aromatic rings. The maximum absolute atomic E-state index is 11.9. The number of carbonyl (C=O) groups is 1. The molecule has 1 heterocycles. The fourth-order valence-electron chi connectivity index (χ4n) is 3.13. The fraction of sp³-hybridized carbons (Fsp3) is 0.0400. The predicted molar refractivity (Wildman–Crippen MR) is 111 cm³/mol. The van der Waals surface area contributed by atoms with Gasteiger partial charge in [0, 0.05) is 33.8 Å². The first-order valence-electron chi connectivity index (χ1n) is 8.92. The van der Waals surface area contributed by atoms with Crippen molar-refractivity contribution in [2.45, 2.75) is 6.92 Å². The maximum Gasteiger partial charge on any atom is 0.336 e. The van der Waals surface area contributed by atoms with E-state index < -0.39 is 5.97 Å². The number of rotatable bonds is 2. The highest BCUT2D eigenvalue weighted by molar-refractivity contribution is 5.99. The minimum Gasteiger partial charge on any atom is -0.478 e. The molecule has 3 heteroatoms. The summed E-state index contributed by atoms with van der Waals surface area (Å²) in [6, 6.07) is 22.8. The van der Waals surface area contributed by atoms with Gasteiger partial charge in [-0.3, -0.25) is 4.98 Å². The average Bonchev–Trinajstić information content (AvgIpc) is 2.72. The minimum absolute atomic E-state index is 0.216. The van der Waals surface area contributed by atoms with Crippen molar-refractivity contribution in [1.82, 2.24) is 4.98 Å². The van der Waals surface area contributed by atoms with Crippen LogP contribution in [-0.2, 0) is 0 Å². The van der Waals surface area contributed by atoms with E-state index in [1.165, 1.54) is 5.56 Å². The zero-order valence-corrected chi connectivity index (χ0v) is 15.3. The van der Waals surface area contributed by atoms with Gasteiger partial charge in [0.15, 0.2) is 0 Å². The lowest BCUT2D eigenvalue weighted by Gasteiger charge is -2.10. The van der Waals surface area contributed by atoms with Crippen molar-refractivity contribution in [2.24, 2.45) is 0 Å². The van der Waals surface area contributed by atoms with Gasteiger partial charge in [-0.2, -0.15) is 0 Å². The third-order valence-corrected chi connectivity index (χ3v) is 4.57. The molecule has 0 amide bonds. The van der Waals surface area contributed by atoms with Gasteiger partial charge < -0.3 is 5.11 Å². The number of aromatic nitrogens is 1. The van der Waals surface area contributed by atoms with Gasteiger partial charge in [-0.25, -0.2) is 4.79 Å².